The van der Waals surface area contributed by atoms with Crippen LogP contribution in [0.25, 0.3) is 0 Å². The van der Waals surface area contributed by atoms with Crippen LogP contribution in [0.5, 0.6) is 0 Å². The van der Waals surface area contributed by atoms with Gasteiger partial charge in [-0.1, -0.05) is 43.1 Å². The molecule has 2 aromatic carbocycles. The van der Waals surface area contributed by atoms with Gasteiger partial charge in [-0.3, -0.25) is 4.79 Å². The van der Waals surface area contributed by atoms with E-state index >= 15 is 0 Å². The number of anilines is 1. The first-order chi connectivity index (χ1) is 12.2. The number of aryl methyl sites for hydroxylation is 1. The summed E-state index contributed by atoms with van der Waals surface area (Å²) in [5.74, 6) is -0.503. The zero-order valence-electron chi connectivity index (χ0n) is 14.7. The summed E-state index contributed by atoms with van der Waals surface area (Å²) < 4.78 is 26.7. The largest absolute Gasteiger partial charge is 0.322 e. The van der Waals surface area contributed by atoms with Crippen LogP contribution in [0.3, 0.4) is 0 Å². The van der Waals surface area contributed by atoms with Crippen LogP contribution in [-0.2, 0) is 10.0 Å². The highest BCUT2D eigenvalue weighted by Crippen LogP contribution is 2.25. The van der Waals surface area contributed by atoms with Gasteiger partial charge in [0.25, 0.3) is 5.91 Å². The fourth-order valence-corrected chi connectivity index (χ4v) is 4.33. The molecule has 0 saturated heterocycles. The highest BCUT2D eigenvalue weighted by atomic mass is 35.5. The van der Waals surface area contributed by atoms with E-state index in [0.717, 1.165) is 5.56 Å². The molecule has 140 valence electrons. The minimum atomic E-state index is -3.69. The van der Waals surface area contributed by atoms with Crippen LogP contribution in [-0.4, -0.2) is 31.7 Å². The SMILES string of the molecule is CCN(CC)S(=O)(=O)c1ccc(Cl)c(C(=O)Nc2cc(Cl)ccc2C)c1. The molecule has 0 aliphatic carbocycles. The number of rotatable bonds is 6. The Balaban J connectivity index is 2.41. The molecule has 0 heterocycles. The summed E-state index contributed by atoms with van der Waals surface area (Å²) >= 11 is 12.1. The van der Waals surface area contributed by atoms with Crippen molar-refractivity contribution in [2.45, 2.75) is 25.7 Å². The first-order valence-corrected chi connectivity index (χ1v) is 10.3. The second kappa shape index (κ2) is 8.39. The normalized spacial score (nSPS) is 11.6. The van der Waals surface area contributed by atoms with E-state index in [4.69, 9.17) is 23.2 Å². The minimum absolute atomic E-state index is 0.0265. The lowest BCUT2D eigenvalue weighted by Gasteiger charge is -2.19. The lowest BCUT2D eigenvalue weighted by Crippen LogP contribution is -2.30. The molecule has 2 aromatic rings. The lowest BCUT2D eigenvalue weighted by molar-refractivity contribution is 0.102. The summed E-state index contributed by atoms with van der Waals surface area (Å²) in [6, 6.07) is 9.23. The molecule has 1 N–H and O–H groups in total. The van der Waals surface area contributed by atoms with Crippen LogP contribution in [0.1, 0.15) is 29.8 Å². The molecule has 0 unspecified atom stereocenters. The number of nitrogens with one attached hydrogen (secondary N) is 1. The van der Waals surface area contributed by atoms with E-state index < -0.39 is 15.9 Å². The number of hydrogen-bond donors (Lipinski definition) is 1. The van der Waals surface area contributed by atoms with Crippen molar-refractivity contribution < 1.29 is 13.2 Å². The Morgan fingerprint density at radius 3 is 2.35 bits per heavy atom. The zero-order valence-corrected chi connectivity index (χ0v) is 17.0. The molecule has 0 atom stereocenters. The fourth-order valence-electron chi connectivity index (χ4n) is 2.47. The molecule has 2 rings (SSSR count). The van der Waals surface area contributed by atoms with Gasteiger partial charge in [0.15, 0.2) is 0 Å². The second-order valence-corrected chi connectivity index (χ2v) is 8.43. The summed E-state index contributed by atoms with van der Waals surface area (Å²) in [6.45, 7) is 6.02. The van der Waals surface area contributed by atoms with Crippen molar-refractivity contribution >= 4 is 44.8 Å². The molecule has 8 heteroatoms. The monoisotopic (exact) mass is 414 g/mol. The van der Waals surface area contributed by atoms with Gasteiger partial charge in [-0.2, -0.15) is 4.31 Å². The van der Waals surface area contributed by atoms with Crippen LogP contribution in [0.15, 0.2) is 41.3 Å². The van der Waals surface area contributed by atoms with Gasteiger partial charge in [0.05, 0.1) is 15.5 Å². The third-order valence-electron chi connectivity index (χ3n) is 3.97. The van der Waals surface area contributed by atoms with Crippen LogP contribution in [0, 0.1) is 6.92 Å². The van der Waals surface area contributed by atoms with Crippen LogP contribution >= 0.6 is 23.2 Å². The van der Waals surface area contributed by atoms with Gasteiger partial charge < -0.3 is 5.32 Å². The summed E-state index contributed by atoms with van der Waals surface area (Å²) in [7, 11) is -3.69. The van der Waals surface area contributed by atoms with Gasteiger partial charge >= 0.3 is 0 Å². The van der Waals surface area contributed by atoms with Crippen molar-refractivity contribution in [2.75, 3.05) is 18.4 Å². The van der Waals surface area contributed by atoms with E-state index in [-0.39, 0.29) is 15.5 Å². The third kappa shape index (κ3) is 4.38. The van der Waals surface area contributed by atoms with Gasteiger partial charge in [0, 0.05) is 23.8 Å². The second-order valence-electron chi connectivity index (χ2n) is 5.64. The fraction of sp³-hybridized carbons (Fsp3) is 0.278. The Hall–Kier alpha value is -1.60. The van der Waals surface area contributed by atoms with Gasteiger partial charge in [-0.15, -0.1) is 0 Å². The third-order valence-corrected chi connectivity index (χ3v) is 6.58. The van der Waals surface area contributed by atoms with Gasteiger partial charge in [0.1, 0.15) is 0 Å². The Bertz CT molecular complexity index is 926. The van der Waals surface area contributed by atoms with Crippen LogP contribution in [0.2, 0.25) is 10.0 Å². The quantitative estimate of drug-likeness (QED) is 0.751. The smallest absolute Gasteiger partial charge is 0.257 e. The van der Waals surface area contributed by atoms with Crippen molar-refractivity contribution in [3.05, 3.63) is 57.6 Å². The first kappa shape index (κ1) is 20.7. The van der Waals surface area contributed by atoms with Crippen molar-refractivity contribution in [1.82, 2.24) is 4.31 Å². The van der Waals surface area contributed by atoms with E-state index in [1.165, 1.54) is 22.5 Å². The van der Waals surface area contributed by atoms with Gasteiger partial charge in [-0.05, 0) is 42.8 Å². The van der Waals surface area contributed by atoms with Gasteiger partial charge in [-0.25, -0.2) is 8.42 Å². The van der Waals surface area contributed by atoms with E-state index in [2.05, 4.69) is 5.32 Å². The topological polar surface area (TPSA) is 66.5 Å². The van der Waals surface area contributed by atoms with Crippen molar-refractivity contribution in [1.29, 1.82) is 0 Å². The van der Waals surface area contributed by atoms with E-state index in [1.54, 1.807) is 32.0 Å². The Labute approximate surface area is 164 Å². The molecular formula is C18H20Cl2N2O3S. The predicted molar refractivity (Wildman–Crippen MR) is 106 cm³/mol. The molecule has 0 bridgehead atoms. The van der Waals surface area contributed by atoms with Crippen LogP contribution < -0.4 is 5.32 Å². The van der Waals surface area contributed by atoms with E-state index in [0.29, 0.717) is 23.8 Å². The molecular weight excluding hydrogens is 395 g/mol. The highest BCUT2D eigenvalue weighted by Gasteiger charge is 2.24. The molecule has 0 aliphatic heterocycles. The number of carbonyl (C=O) groups is 1. The minimum Gasteiger partial charge on any atom is -0.322 e. The van der Waals surface area contributed by atoms with Gasteiger partial charge in [0.2, 0.25) is 10.0 Å². The van der Waals surface area contributed by atoms with Crippen molar-refractivity contribution in [3.63, 3.8) is 0 Å². The maximum absolute atomic E-state index is 12.7. The average Bonchev–Trinajstić information content (AvgIpc) is 2.59. The first-order valence-electron chi connectivity index (χ1n) is 8.07. The molecule has 0 saturated carbocycles. The maximum atomic E-state index is 12.7. The number of carbonyl (C=O) groups excluding carboxylic acids is 1. The standard InChI is InChI=1S/C18H20Cl2N2O3S/c1-4-22(5-2)26(24,25)14-8-9-16(20)15(11-14)18(23)21-17-10-13(19)7-6-12(17)3/h6-11H,4-5H2,1-3H3,(H,21,23). The Morgan fingerprint density at radius 2 is 1.73 bits per heavy atom. The summed E-state index contributed by atoms with van der Waals surface area (Å²) in [5, 5.41) is 3.38. The Morgan fingerprint density at radius 1 is 1.08 bits per heavy atom. The van der Waals surface area contributed by atoms with E-state index in [1.807, 2.05) is 6.92 Å². The number of halogens is 2. The molecule has 0 aliphatic rings. The Kier molecular flexibility index (Phi) is 6.69. The number of amides is 1. The predicted octanol–water partition coefficient (Wildman–Crippen LogP) is 4.58. The maximum Gasteiger partial charge on any atom is 0.257 e. The number of benzene rings is 2. The summed E-state index contributed by atoms with van der Waals surface area (Å²) in [4.78, 5) is 12.7. The molecule has 1 amide bonds. The highest BCUT2D eigenvalue weighted by molar-refractivity contribution is 7.89. The summed E-state index contributed by atoms with van der Waals surface area (Å²) in [5.41, 5.74) is 1.45. The molecule has 5 nitrogen and oxygen atoms in total. The lowest BCUT2D eigenvalue weighted by atomic mass is 10.1. The molecule has 0 radical (unpaired) electrons. The number of hydrogen-bond acceptors (Lipinski definition) is 3. The summed E-state index contributed by atoms with van der Waals surface area (Å²) in [6.07, 6.45) is 0. The molecule has 26 heavy (non-hydrogen) atoms. The number of nitrogens with zero attached hydrogens (tertiary/aromatic N) is 1. The zero-order chi connectivity index (χ0) is 19.5. The van der Waals surface area contributed by atoms with Crippen LogP contribution in [0.4, 0.5) is 5.69 Å². The molecule has 0 fully saturated rings. The molecule has 0 spiro atoms. The van der Waals surface area contributed by atoms with Crippen molar-refractivity contribution in [3.8, 4) is 0 Å². The van der Waals surface area contributed by atoms with E-state index in [9.17, 15) is 13.2 Å². The van der Waals surface area contributed by atoms with Crippen molar-refractivity contribution in [2.24, 2.45) is 0 Å². The molecule has 0 aromatic heterocycles. The number of sulfonamides is 1. The average molecular weight is 415 g/mol.